The van der Waals surface area contributed by atoms with Gasteiger partial charge in [-0.25, -0.2) is 0 Å². The van der Waals surface area contributed by atoms with Crippen LogP contribution in [-0.2, 0) is 19.0 Å². The molecule has 7 rings (SSSR count). The number of phenolic OH excluding ortho intramolecular Hbond substituents is 1. The predicted octanol–water partition coefficient (Wildman–Crippen LogP) is 6.50. The molecule has 2 saturated heterocycles. The summed E-state index contributed by atoms with van der Waals surface area (Å²) in [5, 5.41) is 24.9. The second kappa shape index (κ2) is 14.2. The van der Waals surface area contributed by atoms with Crippen LogP contribution >= 0.6 is 0 Å². The predicted molar refractivity (Wildman–Crippen MR) is 190 cm³/mol. The number of ether oxygens (including phenoxy) is 1. The van der Waals surface area contributed by atoms with Crippen molar-refractivity contribution in [2.75, 3.05) is 23.9 Å². The van der Waals surface area contributed by atoms with Crippen LogP contribution < -0.4 is 10.2 Å². The zero-order valence-electron chi connectivity index (χ0n) is 27.2. The highest BCUT2D eigenvalue weighted by Crippen LogP contribution is 2.51. The quantitative estimate of drug-likeness (QED) is 0.101. The number of nitrogens with zero attached hydrogens (tertiary/aromatic N) is 2. The lowest BCUT2D eigenvalue weighted by molar-refractivity contribution is -0.122. The van der Waals surface area contributed by atoms with Crippen molar-refractivity contribution in [1.29, 1.82) is 0 Å². The summed E-state index contributed by atoms with van der Waals surface area (Å²) in [5.74, 6) is -1.85. The number of nitrogens with one attached hydrogen (secondary N) is 1. The van der Waals surface area contributed by atoms with Crippen LogP contribution in [0.15, 0.2) is 114 Å². The average molecular weight is 656 g/mol. The fourth-order valence-corrected chi connectivity index (χ4v) is 7.62. The Labute approximate surface area is 286 Å². The number of allylic oxidation sites excluding steroid dienone is 1. The van der Waals surface area contributed by atoms with Gasteiger partial charge in [-0.05, 0) is 109 Å². The van der Waals surface area contributed by atoms with Gasteiger partial charge in [0.2, 0.25) is 11.8 Å². The van der Waals surface area contributed by atoms with Crippen molar-refractivity contribution in [2.24, 2.45) is 17.8 Å². The zero-order chi connectivity index (χ0) is 33.9. The largest absolute Gasteiger partial charge is 0.507 e. The molecule has 9 nitrogen and oxygen atoms in total. The maximum Gasteiger partial charge on any atom is 0.455 e. The van der Waals surface area contributed by atoms with Crippen LogP contribution in [0.3, 0.4) is 0 Å². The molecular formula is C39H38BN3O6. The highest BCUT2D eigenvalue weighted by Gasteiger charge is 2.57. The second-order valence-corrected chi connectivity index (χ2v) is 12.8. The maximum absolute atomic E-state index is 14.2. The molecule has 2 aliphatic heterocycles. The minimum absolute atomic E-state index is 0.166. The fourth-order valence-electron chi connectivity index (χ4n) is 7.62. The molecule has 10 heteroatoms. The summed E-state index contributed by atoms with van der Waals surface area (Å²) in [6.45, 7) is 0.299. The van der Waals surface area contributed by atoms with E-state index in [4.69, 9.17) is 9.39 Å². The number of imide groups is 1. The van der Waals surface area contributed by atoms with Gasteiger partial charge in [0.25, 0.3) is 0 Å². The van der Waals surface area contributed by atoms with E-state index < -0.39 is 25.1 Å². The molecule has 3 aromatic carbocycles. The third kappa shape index (κ3) is 6.67. The maximum atomic E-state index is 14.2. The molecule has 2 amide bonds. The molecule has 3 heterocycles. The molecule has 2 fully saturated rings. The van der Waals surface area contributed by atoms with Gasteiger partial charge in [-0.2, -0.15) is 0 Å². The molecule has 4 atom stereocenters. The first-order valence-electron chi connectivity index (χ1n) is 16.7. The molecule has 1 aromatic heterocycles. The van der Waals surface area contributed by atoms with Gasteiger partial charge < -0.3 is 24.8 Å². The number of hydrogen-bond donors (Lipinski definition) is 3. The molecule has 248 valence electrons. The van der Waals surface area contributed by atoms with E-state index in [2.05, 4.69) is 10.3 Å². The summed E-state index contributed by atoms with van der Waals surface area (Å²) in [7, 11) is 0.525. The summed E-state index contributed by atoms with van der Waals surface area (Å²) >= 11 is 0. The van der Waals surface area contributed by atoms with Gasteiger partial charge in [0.1, 0.15) is 5.75 Å². The smallest absolute Gasteiger partial charge is 0.455 e. The number of rotatable bonds is 10. The lowest BCUT2D eigenvalue weighted by Gasteiger charge is -2.43. The van der Waals surface area contributed by atoms with Crippen molar-refractivity contribution in [3.63, 3.8) is 0 Å². The summed E-state index contributed by atoms with van der Waals surface area (Å²) < 4.78 is 11.8. The monoisotopic (exact) mass is 655 g/mol. The van der Waals surface area contributed by atoms with Crippen molar-refractivity contribution in [2.45, 2.75) is 31.7 Å². The Balaban J connectivity index is 1.16. The van der Waals surface area contributed by atoms with Crippen LogP contribution in [0.25, 0.3) is 11.6 Å². The molecule has 4 aromatic rings. The molecule has 3 N–H and O–H groups in total. The van der Waals surface area contributed by atoms with Gasteiger partial charge >= 0.3 is 7.12 Å². The lowest BCUT2D eigenvalue weighted by Crippen LogP contribution is -2.46. The Morgan fingerprint density at radius 1 is 0.959 bits per heavy atom. The fraction of sp³-hybridized carbons (Fsp3) is 0.256. The third-order valence-electron chi connectivity index (χ3n) is 9.75. The molecule has 0 saturated carbocycles. The minimum Gasteiger partial charge on any atom is -0.507 e. The number of aromatic hydroxyl groups is 1. The molecule has 1 aliphatic carbocycles. The van der Waals surface area contributed by atoms with Crippen LogP contribution in [0, 0.1) is 17.8 Å². The number of carbonyl (C=O) groups excluding carboxylic acids is 2. The van der Waals surface area contributed by atoms with E-state index in [1.807, 2.05) is 78.9 Å². The molecule has 0 bridgehead atoms. The van der Waals surface area contributed by atoms with Gasteiger partial charge in [0.15, 0.2) is 0 Å². The van der Waals surface area contributed by atoms with E-state index in [1.165, 1.54) is 4.90 Å². The number of para-hydroxylation sites is 2. The Hall–Kier alpha value is -5.03. The van der Waals surface area contributed by atoms with E-state index in [9.17, 15) is 19.7 Å². The zero-order valence-corrected chi connectivity index (χ0v) is 27.2. The Morgan fingerprint density at radius 3 is 2.43 bits per heavy atom. The van der Waals surface area contributed by atoms with Gasteiger partial charge in [0, 0.05) is 30.2 Å². The highest BCUT2D eigenvalue weighted by molar-refractivity contribution is 6.43. The number of carbonyl (C=O) groups is 2. The molecule has 0 radical (unpaired) electrons. The molecule has 3 aliphatic rings. The SMILES string of the molecule is COCC1=C2[C@@H](CC/C(=C/c3ccccc3O)c3ccccn3)OB(O)C[C@@H]2[C@@H]2C(=O)N(c3ccc(Nc4ccccc4)cc3)C(=O)[C@@H]2C1. The van der Waals surface area contributed by atoms with Crippen LogP contribution in [-0.4, -0.2) is 53.9 Å². The van der Waals surface area contributed by atoms with Crippen molar-refractivity contribution >= 4 is 47.6 Å². The summed E-state index contributed by atoms with van der Waals surface area (Å²) in [4.78, 5) is 34.1. The first-order valence-corrected chi connectivity index (χ1v) is 16.7. The van der Waals surface area contributed by atoms with Gasteiger partial charge in [-0.15, -0.1) is 0 Å². The van der Waals surface area contributed by atoms with E-state index in [0.717, 1.165) is 33.8 Å². The van der Waals surface area contributed by atoms with Gasteiger partial charge in [-0.1, -0.05) is 42.5 Å². The van der Waals surface area contributed by atoms with Crippen molar-refractivity contribution < 1.29 is 29.1 Å². The van der Waals surface area contributed by atoms with E-state index in [-0.39, 0.29) is 29.8 Å². The molecule has 49 heavy (non-hydrogen) atoms. The number of fused-ring (bicyclic) bond motifs is 3. The number of methoxy groups -OCH3 is 1. The second-order valence-electron chi connectivity index (χ2n) is 12.8. The highest BCUT2D eigenvalue weighted by atomic mass is 16.5. The number of phenols is 1. The Kier molecular flexibility index (Phi) is 9.44. The number of pyridine rings is 1. The van der Waals surface area contributed by atoms with Crippen LogP contribution in [0.1, 0.15) is 30.5 Å². The minimum atomic E-state index is -1.10. The Morgan fingerprint density at radius 2 is 1.69 bits per heavy atom. The van der Waals surface area contributed by atoms with E-state index in [0.29, 0.717) is 37.1 Å². The first-order chi connectivity index (χ1) is 23.9. The van der Waals surface area contributed by atoms with Crippen molar-refractivity contribution in [3.8, 4) is 5.75 Å². The van der Waals surface area contributed by atoms with Crippen molar-refractivity contribution in [1.82, 2.24) is 4.98 Å². The topological polar surface area (TPSA) is 121 Å². The van der Waals surface area contributed by atoms with E-state index in [1.54, 1.807) is 37.6 Å². The third-order valence-corrected chi connectivity index (χ3v) is 9.75. The summed E-state index contributed by atoms with van der Waals surface area (Å²) in [6, 6.07) is 29.9. The number of amides is 2. The van der Waals surface area contributed by atoms with Gasteiger partial charge in [0.05, 0.1) is 35.9 Å². The number of hydrogen-bond acceptors (Lipinski definition) is 8. The summed E-state index contributed by atoms with van der Waals surface area (Å²) in [6.07, 6.45) is 4.77. The molecule has 0 spiro atoms. The molecular weight excluding hydrogens is 617 g/mol. The number of aromatic nitrogens is 1. The van der Waals surface area contributed by atoms with Crippen molar-refractivity contribution in [3.05, 3.63) is 126 Å². The normalized spacial score (nSPS) is 22.3. The summed E-state index contributed by atoms with van der Waals surface area (Å²) in [5.41, 5.74) is 6.53. The van der Waals surface area contributed by atoms with E-state index >= 15 is 0 Å². The molecule has 0 unspecified atom stereocenters. The van der Waals surface area contributed by atoms with Gasteiger partial charge in [-0.3, -0.25) is 19.5 Å². The van der Waals surface area contributed by atoms with Crippen LogP contribution in [0.5, 0.6) is 5.75 Å². The number of benzene rings is 3. The Bertz CT molecular complexity index is 1880. The average Bonchev–Trinajstić information content (AvgIpc) is 3.37. The van der Waals surface area contributed by atoms with Crippen LogP contribution in [0.2, 0.25) is 6.32 Å². The van der Waals surface area contributed by atoms with Crippen LogP contribution in [0.4, 0.5) is 17.1 Å². The standard InChI is InChI=1S/C39H38BN3O6/c1-48-24-27-22-31-37(39(46)43(38(31)45)30-17-15-29(16-18-30)42-28-10-3-2-4-11-28)32-23-40(47)49-35(36(27)32)19-14-25(33-12-7-8-20-41-33)21-26-9-5-6-13-34(26)44/h2-13,15-18,20-21,31-32,35,37,42,44,47H,14,19,22-24H2,1H3/b25-21-/t31-,32+,35-,37-/m1/s1. The first kappa shape index (κ1) is 32.5. The lowest BCUT2D eigenvalue weighted by atomic mass is 9.58. The number of anilines is 3.